The fourth-order valence-electron chi connectivity index (χ4n) is 1.21. The summed E-state index contributed by atoms with van der Waals surface area (Å²) in [5, 5.41) is 2.64. The third-order valence-electron chi connectivity index (χ3n) is 1.94. The summed E-state index contributed by atoms with van der Waals surface area (Å²) in [5.74, 6) is 0. The molecule has 3 heteroatoms. The lowest BCUT2D eigenvalue weighted by Crippen LogP contribution is -2.02. The molecule has 0 saturated carbocycles. The molecule has 0 unspecified atom stereocenters. The Kier molecular flexibility index (Phi) is 3.43. The van der Waals surface area contributed by atoms with E-state index in [0.29, 0.717) is 6.41 Å². The van der Waals surface area contributed by atoms with Gasteiger partial charge in [0.25, 0.3) is 0 Å². The zero-order chi connectivity index (χ0) is 9.68. The SMILES string of the molecule is CCc1ccc(NC=O)c(CC)n1. The van der Waals surface area contributed by atoms with Crippen molar-refractivity contribution in [3.8, 4) is 0 Å². The zero-order valence-corrected chi connectivity index (χ0v) is 8.00. The summed E-state index contributed by atoms with van der Waals surface area (Å²) >= 11 is 0. The first kappa shape index (κ1) is 9.71. The van der Waals surface area contributed by atoms with Crippen LogP contribution in [0.2, 0.25) is 0 Å². The molecule has 0 aliphatic heterocycles. The Labute approximate surface area is 78.2 Å². The number of aromatic nitrogens is 1. The molecular weight excluding hydrogens is 164 g/mol. The molecule has 1 amide bonds. The summed E-state index contributed by atoms with van der Waals surface area (Å²) in [6.07, 6.45) is 2.44. The van der Waals surface area contributed by atoms with Crippen molar-refractivity contribution in [1.82, 2.24) is 4.98 Å². The fraction of sp³-hybridized carbons (Fsp3) is 0.400. The number of hydrogen-bond donors (Lipinski definition) is 1. The number of pyridine rings is 1. The number of amides is 1. The van der Waals surface area contributed by atoms with Crippen molar-refractivity contribution in [2.75, 3.05) is 5.32 Å². The zero-order valence-electron chi connectivity index (χ0n) is 8.00. The van der Waals surface area contributed by atoms with Crippen LogP contribution in [-0.4, -0.2) is 11.4 Å². The van der Waals surface area contributed by atoms with Gasteiger partial charge in [0, 0.05) is 5.69 Å². The predicted octanol–water partition coefficient (Wildman–Crippen LogP) is 1.77. The number of carbonyl (C=O) groups excluding carboxylic acids is 1. The topological polar surface area (TPSA) is 42.0 Å². The molecule has 70 valence electrons. The van der Waals surface area contributed by atoms with E-state index in [4.69, 9.17) is 0 Å². The average Bonchev–Trinajstić information content (AvgIpc) is 2.19. The predicted molar refractivity (Wildman–Crippen MR) is 52.7 cm³/mol. The molecule has 0 aromatic carbocycles. The number of anilines is 1. The van der Waals surface area contributed by atoms with E-state index in [0.717, 1.165) is 29.9 Å². The van der Waals surface area contributed by atoms with E-state index in [1.54, 1.807) is 0 Å². The molecule has 1 rings (SSSR count). The quantitative estimate of drug-likeness (QED) is 0.714. The third kappa shape index (κ3) is 2.28. The van der Waals surface area contributed by atoms with Gasteiger partial charge in [0.15, 0.2) is 0 Å². The molecule has 0 fully saturated rings. The first-order valence-electron chi connectivity index (χ1n) is 4.50. The Hall–Kier alpha value is -1.38. The Bertz CT molecular complexity index is 297. The summed E-state index contributed by atoms with van der Waals surface area (Å²) in [6.45, 7) is 4.09. The number of carbonyl (C=O) groups is 1. The van der Waals surface area contributed by atoms with Crippen molar-refractivity contribution in [1.29, 1.82) is 0 Å². The van der Waals surface area contributed by atoms with Crippen LogP contribution in [0.1, 0.15) is 25.2 Å². The Morgan fingerprint density at radius 2 is 2.15 bits per heavy atom. The maximum atomic E-state index is 10.3. The summed E-state index contributed by atoms with van der Waals surface area (Å²) in [7, 11) is 0. The summed E-state index contributed by atoms with van der Waals surface area (Å²) in [5.41, 5.74) is 2.83. The molecule has 0 aliphatic rings. The smallest absolute Gasteiger partial charge is 0.211 e. The van der Waals surface area contributed by atoms with Crippen LogP contribution in [-0.2, 0) is 17.6 Å². The normalized spacial score (nSPS) is 9.69. The number of nitrogens with zero attached hydrogens (tertiary/aromatic N) is 1. The van der Waals surface area contributed by atoms with Gasteiger partial charge in [-0.1, -0.05) is 13.8 Å². The number of aryl methyl sites for hydroxylation is 2. The van der Waals surface area contributed by atoms with Crippen molar-refractivity contribution in [3.05, 3.63) is 23.5 Å². The molecular formula is C10H14N2O. The van der Waals surface area contributed by atoms with Gasteiger partial charge in [0.05, 0.1) is 11.4 Å². The Morgan fingerprint density at radius 1 is 1.38 bits per heavy atom. The van der Waals surface area contributed by atoms with Gasteiger partial charge in [0.2, 0.25) is 6.41 Å². The van der Waals surface area contributed by atoms with Crippen molar-refractivity contribution < 1.29 is 4.79 Å². The minimum absolute atomic E-state index is 0.682. The van der Waals surface area contributed by atoms with Crippen LogP contribution < -0.4 is 5.32 Å². The fourth-order valence-corrected chi connectivity index (χ4v) is 1.21. The molecule has 3 nitrogen and oxygen atoms in total. The van der Waals surface area contributed by atoms with Gasteiger partial charge in [-0.15, -0.1) is 0 Å². The van der Waals surface area contributed by atoms with Crippen LogP contribution in [0.4, 0.5) is 5.69 Å². The van der Waals surface area contributed by atoms with E-state index in [1.807, 2.05) is 19.1 Å². The molecule has 1 heterocycles. The Balaban J connectivity index is 3.00. The van der Waals surface area contributed by atoms with Gasteiger partial charge in [-0.25, -0.2) is 0 Å². The van der Waals surface area contributed by atoms with Gasteiger partial charge in [0.1, 0.15) is 0 Å². The van der Waals surface area contributed by atoms with Crippen LogP contribution in [0, 0.1) is 0 Å². The standard InChI is InChI=1S/C10H14N2O/c1-3-8-5-6-10(11-7-13)9(4-2)12-8/h5-7H,3-4H2,1-2H3,(H,11,13). The van der Waals surface area contributed by atoms with Gasteiger partial charge in [-0.05, 0) is 25.0 Å². The molecule has 0 atom stereocenters. The molecule has 13 heavy (non-hydrogen) atoms. The largest absolute Gasteiger partial charge is 0.327 e. The monoisotopic (exact) mass is 178 g/mol. The highest BCUT2D eigenvalue weighted by molar-refractivity contribution is 5.72. The van der Waals surface area contributed by atoms with Crippen LogP contribution in [0.15, 0.2) is 12.1 Å². The molecule has 0 bridgehead atoms. The van der Waals surface area contributed by atoms with E-state index < -0.39 is 0 Å². The minimum Gasteiger partial charge on any atom is -0.327 e. The van der Waals surface area contributed by atoms with Crippen molar-refractivity contribution >= 4 is 12.1 Å². The molecule has 0 saturated heterocycles. The van der Waals surface area contributed by atoms with E-state index in [1.165, 1.54) is 0 Å². The summed E-state index contributed by atoms with van der Waals surface area (Å²) < 4.78 is 0. The lowest BCUT2D eigenvalue weighted by atomic mass is 10.2. The minimum atomic E-state index is 0.682. The Morgan fingerprint density at radius 3 is 2.69 bits per heavy atom. The highest BCUT2D eigenvalue weighted by Gasteiger charge is 2.01. The highest BCUT2D eigenvalue weighted by atomic mass is 16.1. The first-order chi connectivity index (χ1) is 6.31. The van der Waals surface area contributed by atoms with Gasteiger partial charge in [-0.3, -0.25) is 9.78 Å². The molecule has 0 radical (unpaired) electrons. The molecule has 1 aromatic rings. The summed E-state index contributed by atoms with van der Waals surface area (Å²) in [6, 6.07) is 3.84. The van der Waals surface area contributed by atoms with E-state index in [9.17, 15) is 4.79 Å². The van der Waals surface area contributed by atoms with Crippen LogP contribution in [0.25, 0.3) is 0 Å². The first-order valence-corrected chi connectivity index (χ1v) is 4.50. The van der Waals surface area contributed by atoms with Crippen molar-refractivity contribution in [2.24, 2.45) is 0 Å². The van der Waals surface area contributed by atoms with Crippen molar-refractivity contribution in [3.63, 3.8) is 0 Å². The second-order valence-electron chi connectivity index (χ2n) is 2.77. The molecule has 1 N–H and O–H groups in total. The van der Waals surface area contributed by atoms with Crippen LogP contribution in [0.5, 0.6) is 0 Å². The van der Waals surface area contributed by atoms with E-state index in [2.05, 4.69) is 17.2 Å². The van der Waals surface area contributed by atoms with E-state index in [-0.39, 0.29) is 0 Å². The molecule has 1 aromatic heterocycles. The lowest BCUT2D eigenvalue weighted by Gasteiger charge is -2.06. The number of nitrogens with one attached hydrogen (secondary N) is 1. The van der Waals surface area contributed by atoms with Crippen LogP contribution in [0.3, 0.4) is 0 Å². The molecule has 0 aliphatic carbocycles. The average molecular weight is 178 g/mol. The lowest BCUT2D eigenvalue weighted by molar-refractivity contribution is -0.105. The maximum Gasteiger partial charge on any atom is 0.211 e. The van der Waals surface area contributed by atoms with E-state index >= 15 is 0 Å². The van der Waals surface area contributed by atoms with Gasteiger partial charge >= 0.3 is 0 Å². The second kappa shape index (κ2) is 4.60. The third-order valence-corrected chi connectivity index (χ3v) is 1.94. The van der Waals surface area contributed by atoms with Gasteiger partial charge < -0.3 is 5.32 Å². The van der Waals surface area contributed by atoms with Crippen LogP contribution >= 0.6 is 0 Å². The maximum absolute atomic E-state index is 10.3. The summed E-state index contributed by atoms with van der Waals surface area (Å²) in [4.78, 5) is 14.7. The number of rotatable bonds is 4. The molecule has 0 spiro atoms. The second-order valence-corrected chi connectivity index (χ2v) is 2.77. The van der Waals surface area contributed by atoms with Gasteiger partial charge in [-0.2, -0.15) is 0 Å². The van der Waals surface area contributed by atoms with Crippen molar-refractivity contribution in [2.45, 2.75) is 26.7 Å². The number of hydrogen-bond acceptors (Lipinski definition) is 2. The highest BCUT2D eigenvalue weighted by Crippen LogP contribution is 2.13.